The van der Waals surface area contributed by atoms with Gasteiger partial charge in [-0.3, -0.25) is 29.2 Å². The number of ketones is 1. The summed E-state index contributed by atoms with van der Waals surface area (Å²) in [6.45, 7) is 18.4. The van der Waals surface area contributed by atoms with Crippen molar-refractivity contribution in [2.45, 2.75) is 142 Å². The van der Waals surface area contributed by atoms with Crippen LogP contribution in [0.1, 0.15) is 109 Å². The Bertz CT molecular complexity index is 2980. The van der Waals surface area contributed by atoms with Crippen LogP contribution in [0, 0.1) is 36.5 Å². The molecule has 2 saturated heterocycles. The van der Waals surface area contributed by atoms with Crippen LogP contribution in [0.15, 0.2) is 76.5 Å². The lowest BCUT2D eigenvalue weighted by molar-refractivity contribution is -0.166. The number of hydrogen-bond acceptors (Lipinski definition) is 16. The quantitative estimate of drug-likeness (QED) is 0.0898. The molecule has 18 heteroatoms. The number of allylic oxidation sites excluding steroid dienone is 2. The topological polar surface area (TPSA) is 250 Å². The van der Waals surface area contributed by atoms with Gasteiger partial charge in [0.25, 0.3) is 11.7 Å². The van der Waals surface area contributed by atoms with Crippen molar-refractivity contribution < 1.29 is 63.7 Å². The van der Waals surface area contributed by atoms with E-state index in [1.165, 1.54) is 33.3 Å². The third kappa shape index (κ3) is 11.5. The average Bonchev–Trinajstić information content (AvgIpc) is 3.97. The number of carbonyl (C=O) groups is 4. The van der Waals surface area contributed by atoms with E-state index in [4.69, 9.17) is 28.9 Å². The fourth-order valence-electron chi connectivity index (χ4n) is 11.8. The van der Waals surface area contributed by atoms with E-state index in [0.717, 1.165) is 12.1 Å². The van der Waals surface area contributed by atoms with Crippen LogP contribution >= 0.6 is 0 Å². The van der Waals surface area contributed by atoms with Gasteiger partial charge < -0.3 is 59.6 Å². The summed E-state index contributed by atoms with van der Waals surface area (Å²) in [5.41, 5.74) is -0.760. The van der Waals surface area contributed by atoms with E-state index >= 15 is 0 Å². The van der Waals surface area contributed by atoms with Gasteiger partial charge in [0.05, 0.1) is 46.5 Å². The third-order valence-corrected chi connectivity index (χ3v) is 16.6. The van der Waals surface area contributed by atoms with Crippen LogP contribution in [-0.4, -0.2) is 140 Å². The number of aromatic hydroxyl groups is 2. The number of hydrogen-bond donors (Lipinski definition) is 6. The highest BCUT2D eigenvalue weighted by molar-refractivity contribution is 6.19. The first-order chi connectivity index (χ1) is 36.4. The van der Waals surface area contributed by atoms with Gasteiger partial charge in [-0.25, -0.2) is 0 Å². The SMILES string of the molecule is CO[C@H]1/C=C/OC2(C)Oc3c(C)c(O)c4c(O)c(c5c(c4c3C2=O)=NC2(CCN(CC(C)C)CC2)N=5)NC(=O)/C(C)=C\C=C\C(C)[C@H](O)[C@@H](C)C(O)[C@@H](C)C(OC(=O)CC(=O)N2CCC(O)(Cc3ccccc3)CC2)[C@@H]1C. The predicted octanol–water partition coefficient (Wildman–Crippen LogP) is 5.72. The molecule has 9 atom stereocenters. The Morgan fingerprint density at radius 3 is 2.18 bits per heavy atom. The largest absolute Gasteiger partial charge is 0.507 e. The number of ether oxygens (including phenoxy) is 4. The first-order valence-corrected chi connectivity index (χ1v) is 27.0. The van der Waals surface area contributed by atoms with Crippen LogP contribution in [0.4, 0.5) is 5.69 Å². The number of anilines is 1. The molecule has 77 heavy (non-hydrogen) atoms. The molecule has 6 N–H and O–H groups in total. The van der Waals surface area contributed by atoms with Crippen LogP contribution < -0.4 is 20.8 Å². The van der Waals surface area contributed by atoms with E-state index < -0.39 is 107 Å². The molecule has 6 aliphatic rings. The number of Topliss-reactive ketones (excluding diaryl/α,β-unsaturated/α-hetero) is 1. The normalized spacial score (nSPS) is 30.2. The Morgan fingerprint density at radius 2 is 1.53 bits per heavy atom. The molecule has 3 aromatic rings. The summed E-state index contributed by atoms with van der Waals surface area (Å²) < 4.78 is 24.7. The molecule has 0 aliphatic carbocycles. The molecule has 18 nitrogen and oxygen atoms in total. The fraction of sp³-hybridized carbons (Fsp3) is 0.559. The van der Waals surface area contributed by atoms with E-state index in [2.05, 4.69) is 24.1 Å². The molecular weight excluding hydrogens is 987 g/mol. The highest BCUT2D eigenvalue weighted by Crippen LogP contribution is 2.50. The van der Waals surface area contributed by atoms with Gasteiger partial charge in [0.1, 0.15) is 35.1 Å². The first-order valence-electron chi connectivity index (χ1n) is 27.0. The lowest BCUT2D eigenvalue weighted by atomic mass is 9.78. The fourth-order valence-corrected chi connectivity index (χ4v) is 11.8. The van der Waals surface area contributed by atoms with Crippen molar-refractivity contribution >= 4 is 40.0 Å². The zero-order valence-corrected chi connectivity index (χ0v) is 46.0. The van der Waals surface area contributed by atoms with E-state index in [-0.39, 0.29) is 62.7 Å². The lowest BCUT2D eigenvalue weighted by Gasteiger charge is -2.39. The Labute approximate surface area is 450 Å². The first kappa shape index (κ1) is 57.0. The molecule has 6 heterocycles. The number of amides is 2. The van der Waals surface area contributed by atoms with Gasteiger partial charge in [0.2, 0.25) is 5.91 Å². The number of phenolic OH excluding ortho intramolecular Hbond substituents is 2. The van der Waals surface area contributed by atoms with Gasteiger partial charge in [-0.05, 0) is 44.2 Å². The third-order valence-electron chi connectivity index (χ3n) is 16.6. The number of aliphatic hydroxyl groups is 3. The molecular formula is C59H77N5O13. The van der Waals surface area contributed by atoms with E-state index in [0.29, 0.717) is 51.1 Å². The molecule has 0 aromatic heterocycles. The second kappa shape index (κ2) is 22.7. The summed E-state index contributed by atoms with van der Waals surface area (Å²) in [4.78, 5) is 70.9. The summed E-state index contributed by atoms with van der Waals surface area (Å²) >= 11 is 0. The number of nitrogens with zero attached hydrogens (tertiary/aromatic N) is 4. The number of phenols is 2. The maximum atomic E-state index is 15.0. The summed E-state index contributed by atoms with van der Waals surface area (Å²) in [6.07, 6.45) is 4.68. The molecule has 2 amide bonds. The standard InChI is InChI=1S/C59H77N5O13/c1-32(2)31-63-24-22-59(23-25-63)61-46-43-44-51(69)38(8)54-45(43)55(71)57(9,77-54)75-28-19-40(74-10)35(5)53(76-42(66)29-41(65)64-26-20-58(73,21-27-64)30-39-17-12-11-13-18-39)37(7)50(68)36(6)49(67)33(3)15-14-16-34(4)56(72)60-48(52(44)70)47(46)62-59/h11-19,28,32-33,35-37,40,49-50,53,67-70,73H,20-27,29-31H2,1-10H3,(H,60,72)/b15-14+,28-19+,34-16-/t33?,35-,36-,37-,40+,49+,50?,53?,57?/m1/s1. The summed E-state index contributed by atoms with van der Waals surface area (Å²) in [6, 6.07) is 9.63. The van der Waals surface area contributed by atoms with Crippen molar-refractivity contribution in [3.05, 3.63) is 93.9 Å². The van der Waals surface area contributed by atoms with Crippen molar-refractivity contribution in [2.75, 3.05) is 45.2 Å². The van der Waals surface area contributed by atoms with E-state index in [1.54, 1.807) is 57.7 Å². The van der Waals surface area contributed by atoms with Crippen LogP contribution in [-0.2, 0) is 35.0 Å². The van der Waals surface area contributed by atoms with Crippen LogP contribution in [0.3, 0.4) is 0 Å². The zero-order valence-electron chi connectivity index (χ0n) is 46.0. The molecule has 6 aliphatic heterocycles. The van der Waals surface area contributed by atoms with Crippen LogP contribution in [0.2, 0.25) is 0 Å². The smallest absolute Gasteiger partial charge is 0.315 e. The predicted molar refractivity (Wildman–Crippen MR) is 288 cm³/mol. The number of fused-ring (bicyclic) bond motifs is 13. The molecule has 4 unspecified atom stereocenters. The maximum Gasteiger partial charge on any atom is 0.315 e. The summed E-state index contributed by atoms with van der Waals surface area (Å²) in [5.74, 6) is -8.05. The summed E-state index contributed by atoms with van der Waals surface area (Å²) in [5, 5.41) is 62.5. The van der Waals surface area contributed by atoms with Gasteiger partial charge in [0, 0.05) is 106 Å². The van der Waals surface area contributed by atoms with Gasteiger partial charge in [-0.2, -0.15) is 0 Å². The number of carbonyl (C=O) groups excluding carboxylic acids is 4. The highest BCUT2D eigenvalue weighted by Gasteiger charge is 2.50. The molecule has 1 spiro atoms. The molecule has 0 saturated carbocycles. The Hall–Kier alpha value is -6.18. The van der Waals surface area contributed by atoms with Gasteiger partial charge in [0.15, 0.2) is 11.4 Å². The van der Waals surface area contributed by atoms with Gasteiger partial charge in [-0.1, -0.05) is 90.1 Å². The van der Waals surface area contributed by atoms with E-state index in [9.17, 15) is 44.7 Å². The Kier molecular flexibility index (Phi) is 16.8. The monoisotopic (exact) mass is 1060 g/mol. The van der Waals surface area contributed by atoms with Gasteiger partial charge >= 0.3 is 11.8 Å². The minimum absolute atomic E-state index is 0.00149. The van der Waals surface area contributed by atoms with Crippen molar-refractivity contribution in [3.63, 3.8) is 0 Å². The van der Waals surface area contributed by atoms with Crippen molar-refractivity contribution in [2.24, 2.45) is 39.6 Å². The number of aliphatic hydroxyl groups excluding tert-OH is 2. The molecule has 416 valence electrons. The number of likely N-dealkylation sites (tertiary alicyclic amines) is 2. The molecule has 3 aromatic carbocycles. The molecule has 2 fully saturated rings. The number of rotatable bonds is 8. The maximum absolute atomic E-state index is 15.0. The minimum Gasteiger partial charge on any atom is -0.507 e. The number of methoxy groups -OCH3 is 1. The molecule has 5 bridgehead atoms. The lowest BCUT2D eigenvalue weighted by Crippen LogP contribution is -2.49. The average molecular weight is 1060 g/mol. The summed E-state index contributed by atoms with van der Waals surface area (Å²) in [7, 11) is 1.43. The minimum atomic E-state index is -2.04. The number of piperidine rings is 2. The Morgan fingerprint density at radius 1 is 0.870 bits per heavy atom. The highest BCUT2D eigenvalue weighted by atomic mass is 16.7. The van der Waals surface area contributed by atoms with Crippen LogP contribution in [0.5, 0.6) is 17.2 Å². The van der Waals surface area contributed by atoms with Crippen molar-refractivity contribution in [3.8, 4) is 17.2 Å². The zero-order chi connectivity index (χ0) is 55.9. The molecule has 9 rings (SSSR count). The van der Waals surface area contributed by atoms with Crippen molar-refractivity contribution in [1.29, 1.82) is 0 Å². The second-order valence-electron chi connectivity index (χ2n) is 22.8. The number of benzene rings is 3. The van der Waals surface area contributed by atoms with Gasteiger partial charge in [-0.15, -0.1) is 0 Å². The van der Waals surface area contributed by atoms with E-state index in [1.807, 2.05) is 30.3 Å². The van der Waals surface area contributed by atoms with Crippen LogP contribution in [0.25, 0.3) is 10.8 Å². The Balaban J connectivity index is 1.13. The second-order valence-corrected chi connectivity index (χ2v) is 22.8. The number of nitrogens with one attached hydrogen (secondary N) is 1. The number of esters is 1. The van der Waals surface area contributed by atoms with Crippen molar-refractivity contribution in [1.82, 2.24) is 9.80 Å². The molecule has 0 radical (unpaired) electrons.